The predicted molar refractivity (Wildman–Crippen MR) is 119 cm³/mol. The summed E-state index contributed by atoms with van der Waals surface area (Å²) in [6.07, 6.45) is 3.24. The van der Waals surface area contributed by atoms with Gasteiger partial charge in [0.15, 0.2) is 0 Å². The molecule has 1 aromatic heterocycles. The van der Waals surface area contributed by atoms with Crippen molar-refractivity contribution in [3.63, 3.8) is 0 Å². The molecular weight excluding hydrogens is 398 g/mol. The van der Waals surface area contributed by atoms with Crippen LogP contribution in [0.1, 0.15) is 37.8 Å². The van der Waals surface area contributed by atoms with E-state index in [0.29, 0.717) is 17.9 Å². The van der Waals surface area contributed by atoms with Crippen molar-refractivity contribution in [2.24, 2.45) is 5.92 Å². The van der Waals surface area contributed by atoms with E-state index in [1.165, 1.54) is 5.69 Å². The zero-order chi connectivity index (χ0) is 20.8. The fourth-order valence-corrected chi connectivity index (χ4v) is 5.90. The first kappa shape index (κ1) is 19.8. The van der Waals surface area contributed by atoms with E-state index < -0.39 is 0 Å². The summed E-state index contributed by atoms with van der Waals surface area (Å²) < 4.78 is 2.03. The van der Waals surface area contributed by atoms with Crippen LogP contribution >= 0.6 is 11.6 Å². The quantitative estimate of drug-likeness (QED) is 0.738. The highest BCUT2D eigenvalue weighted by Gasteiger charge is 2.39. The Kier molecular flexibility index (Phi) is 5.19. The number of aromatic nitrogens is 1. The van der Waals surface area contributed by atoms with Gasteiger partial charge in [-0.05, 0) is 48.9 Å². The molecule has 158 valence electrons. The number of halogens is 1. The van der Waals surface area contributed by atoms with E-state index in [-0.39, 0.29) is 11.5 Å². The Hall–Kier alpha value is -2.11. The van der Waals surface area contributed by atoms with Crippen LogP contribution < -0.4 is 5.56 Å². The minimum absolute atomic E-state index is 0.112. The van der Waals surface area contributed by atoms with Crippen LogP contribution in [-0.2, 0) is 11.3 Å². The number of carbonyl (C=O) groups is 1. The molecule has 0 N–H and O–H groups in total. The molecule has 0 unspecified atom stereocenters. The third-order valence-corrected chi connectivity index (χ3v) is 7.45. The Morgan fingerprint density at radius 1 is 1.00 bits per heavy atom. The van der Waals surface area contributed by atoms with Gasteiger partial charge >= 0.3 is 0 Å². The first-order chi connectivity index (χ1) is 14.5. The molecule has 1 amide bonds. The molecule has 30 heavy (non-hydrogen) atoms. The van der Waals surface area contributed by atoms with Gasteiger partial charge in [0.05, 0.1) is 0 Å². The minimum Gasteiger partial charge on any atom is -0.343 e. The van der Waals surface area contributed by atoms with E-state index >= 15 is 0 Å². The van der Waals surface area contributed by atoms with Crippen molar-refractivity contribution in [3.05, 3.63) is 57.5 Å². The van der Waals surface area contributed by atoms with Gasteiger partial charge in [-0.1, -0.05) is 23.7 Å². The van der Waals surface area contributed by atoms with Gasteiger partial charge in [0.2, 0.25) is 5.91 Å². The van der Waals surface area contributed by atoms with Crippen molar-refractivity contribution in [1.29, 1.82) is 0 Å². The molecule has 5 nitrogen and oxygen atoms in total. The monoisotopic (exact) mass is 425 g/mol. The maximum absolute atomic E-state index is 12.7. The predicted octanol–water partition coefficient (Wildman–Crippen LogP) is 3.60. The van der Waals surface area contributed by atoms with Crippen molar-refractivity contribution in [2.45, 2.75) is 44.7 Å². The van der Waals surface area contributed by atoms with Crippen molar-refractivity contribution in [2.75, 3.05) is 26.2 Å². The van der Waals surface area contributed by atoms with Crippen LogP contribution in [-0.4, -0.2) is 52.5 Å². The van der Waals surface area contributed by atoms with E-state index in [1.54, 1.807) is 13.0 Å². The number of rotatable bonds is 2. The summed E-state index contributed by atoms with van der Waals surface area (Å²) in [5.41, 5.74) is 3.57. The number of pyridine rings is 1. The number of fused-ring (bicyclic) bond motifs is 4. The largest absolute Gasteiger partial charge is 0.343 e. The van der Waals surface area contributed by atoms with E-state index in [9.17, 15) is 9.59 Å². The number of piperidine rings is 2. The van der Waals surface area contributed by atoms with Gasteiger partial charge in [0.25, 0.3) is 5.56 Å². The van der Waals surface area contributed by atoms with Crippen LogP contribution in [0.2, 0.25) is 5.02 Å². The third-order valence-electron chi connectivity index (χ3n) is 7.20. The molecule has 2 saturated heterocycles. The Morgan fingerprint density at radius 3 is 2.43 bits per heavy atom. The lowest BCUT2D eigenvalue weighted by molar-refractivity contribution is -0.130. The molecule has 0 spiro atoms. The number of likely N-dealkylation sites (tertiary alicyclic amines) is 2. The van der Waals surface area contributed by atoms with E-state index in [2.05, 4.69) is 4.90 Å². The average Bonchev–Trinajstić information content (AvgIpc) is 2.75. The topological polar surface area (TPSA) is 45.6 Å². The summed E-state index contributed by atoms with van der Waals surface area (Å²) >= 11 is 6.10. The van der Waals surface area contributed by atoms with Gasteiger partial charge in [0.1, 0.15) is 0 Å². The van der Waals surface area contributed by atoms with Gasteiger partial charge < -0.3 is 9.47 Å². The second-order valence-electron chi connectivity index (χ2n) is 9.08. The normalized spacial score (nSPS) is 24.5. The maximum Gasteiger partial charge on any atom is 0.250 e. The molecule has 2 fully saturated rings. The zero-order valence-corrected chi connectivity index (χ0v) is 18.1. The second kappa shape index (κ2) is 7.86. The van der Waals surface area contributed by atoms with Crippen LogP contribution in [0, 0.1) is 5.92 Å². The first-order valence-corrected chi connectivity index (χ1v) is 11.4. The number of amides is 1. The van der Waals surface area contributed by atoms with Gasteiger partial charge in [-0.15, -0.1) is 0 Å². The Morgan fingerprint density at radius 2 is 1.73 bits per heavy atom. The lowest BCUT2D eigenvalue weighted by Gasteiger charge is -2.48. The van der Waals surface area contributed by atoms with Gasteiger partial charge in [-0.3, -0.25) is 14.5 Å². The molecular formula is C24H28ClN3O2. The van der Waals surface area contributed by atoms with Crippen molar-refractivity contribution < 1.29 is 4.79 Å². The number of carbonyl (C=O) groups excluding carboxylic acids is 1. The highest BCUT2D eigenvalue weighted by Crippen LogP contribution is 2.41. The summed E-state index contributed by atoms with van der Waals surface area (Å²) in [6.45, 7) is 6.23. The molecule has 0 radical (unpaired) electrons. The summed E-state index contributed by atoms with van der Waals surface area (Å²) in [4.78, 5) is 29.0. The van der Waals surface area contributed by atoms with Crippen LogP contribution in [0.3, 0.4) is 0 Å². The third kappa shape index (κ3) is 3.58. The fraction of sp³-hybridized carbons (Fsp3) is 0.500. The number of hydrogen-bond acceptors (Lipinski definition) is 3. The molecule has 2 bridgehead atoms. The Balaban J connectivity index is 1.44. The van der Waals surface area contributed by atoms with Crippen LogP contribution in [0.5, 0.6) is 0 Å². The lowest BCUT2D eigenvalue weighted by Crippen LogP contribution is -2.53. The van der Waals surface area contributed by atoms with E-state index in [4.69, 9.17) is 11.6 Å². The number of nitrogens with zero attached hydrogens (tertiary/aromatic N) is 3. The Bertz CT molecular complexity index is 1010. The smallest absolute Gasteiger partial charge is 0.250 e. The highest BCUT2D eigenvalue weighted by molar-refractivity contribution is 6.30. The van der Waals surface area contributed by atoms with Crippen molar-refractivity contribution >= 4 is 17.5 Å². The lowest BCUT2D eigenvalue weighted by atomic mass is 9.79. The van der Waals surface area contributed by atoms with Crippen LogP contribution in [0.25, 0.3) is 11.1 Å². The van der Waals surface area contributed by atoms with Gasteiger partial charge in [-0.2, -0.15) is 0 Å². The second-order valence-corrected chi connectivity index (χ2v) is 9.51. The summed E-state index contributed by atoms with van der Waals surface area (Å²) in [5.74, 6) is 1.06. The fourth-order valence-electron chi connectivity index (χ4n) is 5.77. The molecule has 6 heteroatoms. The summed E-state index contributed by atoms with van der Waals surface area (Å²) in [5, 5.41) is 0.724. The van der Waals surface area contributed by atoms with E-state index in [0.717, 1.165) is 68.1 Å². The first-order valence-electron chi connectivity index (χ1n) is 11.0. The van der Waals surface area contributed by atoms with Crippen molar-refractivity contribution in [1.82, 2.24) is 14.4 Å². The van der Waals surface area contributed by atoms with Crippen LogP contribution in [0.4, 0.5) is 0 Å². The Labute approximate surface area is 182 Å². The summed E-state index contributed by atoms with van der Waals surface area (Å²) in [7, 11) is 0. The number of benzene rings is 1. The molecule has 0 aliphatic carbocycles. The molecule has 2 atom stereocenters. The summed E-state index contributed by atoms with van der Waals surface area (Å²) in [6, 6.07) is 12.2. The zero-order valence-electron chi connectivity index (χ0n) is 17.4. The minimum atomic E-state index is 0.112. The average molecular weight is 426 g/mol. The standard InChI is InChI=1S/C24H28ClN3O2/c1-16(29)26-10-8-21(9-11-26)27-13-17-12-19(15-27)24-22(6-7-23(30)28(24)14-17)18-2-4-20(25)5-3-18/h2-7,17,19,21H,8-15H2,1H3/t17-,19+/m0/s1. The molecule has 2 aromatic rings. The molecule has 3 aliphatic rings. The van der Waals surface area contributed by atoms with Crippen LogP contribution in [0.15, 0.2) is 41.2 Å². The molecule has 5 rings (SSSR count). The molecule has 3 aliphatic heterocycles. The molecule has 1 aromatic carbocycles. The maximum atomic E-state index is 12.7. The molecule has 4 heterocycles. The highest BCUT2D eigenvalue weighted by atomic mass is 35.5. The molecule has 0 saturated carbocycles. The van der Waals surface area contributed by atoms with Gasteiger partial charge in [-0.25, -0.2) is 0 Å². The number of hydrogen-bond donors (Lipinski definition) is 0. The SMILES string of the molecule is CC(=O)N1CCC(N2C[C@@H]3C[C@H](C2)c2c(-c4ccc(Cl)cc4)ccc(=O)n2C3)CC1. The van der Waals surface area contributed by atoms with Crippen molar-refractivity contribution in [3.8, 4) is 11.1 Å². The van der Waals surface area contributed by atoms with Gasteiger partial charge in [0, 0.05) is 74.0 Å². The van der Waals surface area contributed by atoms with E-state index in [1.807, 2.05) is 39.8 Å².